The van der Waals surface area contributed by atoms with Gasteiger partial charge >= 0.3 is 0 Å². The van der Waals surface area contributed by atoms with Gasteiger partial charge in [-0.1, -0.05) is 17.7 Å². The predicted octanol–water partition coefficient (Wildman–Crippen LogP) is 5.62. The van der Waals surface area contributed by atoms with E-state index in [1.165, 1.54) is 46.8 Å². The quantitative estimate of drug-likeness (QED) is 0.215. The Bertz CT molecular complexity index is 1900. The van der Waals surface area contributed by atoms with Gasteiger partial charge in [0.1, 0.15) is 11.5 Å². The van der Waals surface area contributed by atoms with Crippen LogP contribution in [0.5, 0.6) is 11.5 Å². The number of nitrogens with zero attached hydrogens (tertiary/aromatic N) is 1. The molecule has 0 saturated carbocycles. The Labute approximate surface area is 261 Å². The van der Waals surface area contributed by atoms with Crippen molar-refractivity contribution in [1.82, 2.24) is 0 Å². The van der Waals surface area contributed by atoms with Gasteiger partial charge in [0, 0.05) is 22.9 Å². The first kappa shape index (κ1) is 31.2. The molecule has 1 aliphatic rings. The topological polar surface area (TPSA) is 131 Å². The number of halogens is 1. The van der Waals surface area contributed by atoms with E-state index in [-0.39, 0.29) is 22.9 Å². The molecule has 1 aliphatic heterocycles. The molecule has 0 bridgehead atoms. The van der Waals surface area contributed by atoms with Crippen LogP contribution in [0, 0.1) is 6.92 Å². The molecule has 0 unspecified atom stereocenters. The van der Waals surface area contributed by atoms with E-state index in [0.29, 0.717) is 52.2 Å². The Morgan fingerprint density at radius 3 is 2.23 bits per heavy atom. The van der Waals surface area contributed by atoms with Gasteiger partial charge in [0.15, 0.2) is 6.61 Å². The van der Waals surface area contributed by atoms with Gasteiger partial charge in [-0.15, -0.1) is 0 Å². The maximum absolute atomic E-state index is 13.3. The average Bonchev–Trinajstić information content (AvgIpc) is 3.42. The summed E-state index contributed by atoms with van der Waals surface area (Å²) in [4.78, 5) is 12.9. The van der Waals surface area contributed by atoms with Gasteiger partial charge < -0.3 is 14.8 Å². The van der Waals surface area contributed by atoms with Gasteiger partial charge in [-0.25, -0.2) is 16.8 Å². The number of carbonyl (C=O) groups excluding carboxylic acids is 1. The number of hydrogen-bond acceptors (Lipinski definition) is 7. The molecule has 1 amide bonds. The Morgan fingerprint density at radius 1 is 0.864 bits per heavy atom. The molecule has 13 heteroatoms. The summed E-state index contributed by atoms with van der Waals surface area (Å²) in [5.74, 6) is 0.509. The van der Waals surface area contributed by atoms with Crippen molar-refractivity contribution >= 4 is 54.6 Å². The van der Waals surface area contributed by atoms with Crippen LogP contribution in [-0.2, 0) is 31.3 Å². The number of aryl methyl sites for hydroxylation is 1. The number of anilines is 3. The number of benzene rings is 4. The van der Waals surface area contributed by atoms with Crippen LogP contribution in [0.3, 0.4) is 0 Å². The highest BCUT2D eigenvalue weighted by molar-refractivity contribution is 7.93. The lowest BCUT2D eigenvalue weighted by atomic mass is 10.1. The minimum Gasteiger partial charge on any atom is -0.494 e. The van der Waals surface area contributed by atoms with E-state index in [1.807, 2.05) is 6.92 Å². The van der Waals surface area contributed by atoms with Gasteiger partial charge in [-0.2, -0.15) is 0 Å². The number of ether oxygens (including phenoxy) is 2. The van der Waals surface area contributed by atoms with Crippen LogP contribution in [0.1, 0.15) is 18.1 Å². The molecule has 0 aromatic heterocycles. The second kappa shape index (κ2) is 12.8. The van der Waals surface area contributed by atoms with Gasteiger partial charge in [0.05, 0.1) is 22.1 Å². The van der Waals surface area contributed by atoms with Crippen molar-refractivity contribution in [3.8, 4) is 11.5 Å². The molecule has 44 heavy (non-hydrogen) atoms. The van der Waals surface area contributed by atoms with Crippen molar-refractivity contribution in [3.05, 3.63) is 101 Å². The summed E-state index contributed by atoms with van der Waals surface area (Å²) < 4.78 is 67.3. The van der Waals surface area contributed by atoms with Crippen molar-refractivity contribution in [3.63, 3.8) is 0 Å². The molecule has 0 aliphatic carbocycles. The zero-order valence-corrected chi connectivity index (χ0v) is 26.3. The number of fused-ring (bicyclic) bond motifs is 1. The van der Waals surface area contributed by atoms with Crippen molar-refractivity contribution in [2.75, 3.05) is 34.1 Å². The minimum atomic E-state index is -3.87. The van der Waals surface area contributed by atoms with Crippen LogP contribution in [0.15, 0.2) is 94.7 Å². The number of sulfonamides is 2. The van der Waals surface area contributed by atoms with Gasteiger partial charge in [0.2, 0.25) is 0 Å². The molecule has 0 spiro atoms. The highest BCUT2D eigenvalue weighted by Gasteiger charge is 2.31. The first-order chi connectivity index (χ1) is 21.0. The predicted molar refractivity (Wildman–Crippen MR) is 170 cm³/mol. The molecular formula is C31H30ClN3O7S2. The zero-order valence-electron chi connectivity index (χ0n) is 23.9. The standard InChI is InChI=1S/C31H30ClN3O7S2/c1-3-41-26-10-8-24(9-11-26)34-43(37,38)28-14-15-30(21(2)18-28)42-20-31(36)33-25-7-4-22-16-17-35(29(22)19-25)44(39,40)27-12-5-23(32)6-13-27/h4-15,18-19,34H,3,16-17,20H2,1-2H3,(H,33,36). The summed E-state index contributed by atoms with van der Waals surface area (Å²) in [5, 5.41) is 3.17. The van der Waals surface area contributed by atoms with Crippen LogP contribution < -0.4 is 23.8 Å². The lowest BCUT2D eigenvalue weighted by molar-refractivity contribution is -0.118. The summed E-state index contributed by atoms with van der Waals surface area (Å²) >= 11 is 5.92. The van der Waals surface area contributed by atoms with Crippen LogP contribution in [0.25, 0.3) is 0 Å². The number of amides is 1. The van der Waals surface area contributed by atoms with Crippen LogP contribution in [0.4, 0.5) is 17.1 Å². The largest absolute Gasteiger partial charge is 0.494 e. The Kier molecular flexibility index (Phi) is 9.05. The summed E-state index contributed by atoms with van der Waals surface area (Å²) in [6, 6.07) is 22.0. The lowest BCUT2D eigenvalue weighted by Gasteiger charge is -2.20. The highest BCUT2D eigenvalue weighted by Crippen LogP contribution is 2.35. The fourth-order valence-corrected chi connectivity index (χ4v) is 7.47. The van der Waals surface area contributed by atoms with Crippen LogP contribution >= 0.6 is 11.6 Å². The molecule has 2 N–H and O–H groups in total. The normalized spacial score (nSPS) is 12.8. The van der Waals surface area contributed by atoms with E-state index in [4.69, 9.17) is 21.1 Å². The minimum absolute atomic E-state index is 0.0388. The third kappa shape index (κ3) is 6.93. The third-order valence-electron chi connectivity index (χ3n) is 6.86. The van der Waals surface area contributed by atoms with Gasteiger partial charge in [0.25, 0.3) is 26.0 Å². The second-order valence-corrected chi connectivity index (χ2v) is 13.9. The maximum atomic E-state index is 13.3. The van der Waals surface area contributed by atoms with Gasteiger partial charge in [-0.05, 0) is 110 Å². The molecule has 10 nitrogen and oxygen atoms in total. The summed E-state index contributed by atoms with van der Waals surface area (Å²) in [6.07, 6.45) is 0.542. The van der Waals surface area contributed by atoms with Crippen LogP contribution in [-0.4, -0.2) is 42.5 Å². The third-order valence-corrected chi connectivity index (χ3v) is 10.3. The fraction of sp³-hybridized carbons (Fsp3) is 0.194. The first-order valence-electron chi connectivity index (χ1n) is 13.7. The summed E-state index contributed by atoms with van der Waals surface area (Å²) in [7, 11) is -7.68. The molecule has 4 aromatic carbocycles. The molecule has 0 fully saturated rings. The molecule has 1 heterocycles. The lowest BCUT2D eigenvalue weighted by Crippen LogP contribution is -2.29. The number of carbonyl (C=O) groups is 1. The van der Waals surface area contributed by atoms with E-state index in [1.54, 1.807) is 49.4 Å². The molecular weight excluding hydrogens is 626 g/mol. The average molecular weight is 656 g/mol. The molecule has 0 saturated heterocycles. The Hall–Kier alpha value is -4.26. The monoisotopic (exact) mass is 655 g/mol. The first-order valence-corrected chi connectivity index (χ1v) is 17.0. The smallest absolute Gasteiger partial charge is 0.264 e. The molecule has 5 rings (SSSR count). The summed E-state index contributed by atoms with van der Waals surface area (Å²) in [5.41, 5.74) is 2.66. The molecule has 0 radical (unpaired) electrons. The van der Waals surface area contributed by atoms with Gasteiger partial charge in [-0.3, -0.25) is 13.8 Å². The SMILES string of the molecule is CCOc1ccc(NS(=O)(=O)c2ccc(OCC(=O)Nc3ccc4c(c3)N(S(=O)(=O)c3ccc(Cl)cc3)CC4)c(C)c2)cc1. The van der Waals surface area contributed by atoms with E-state index >= 15 is 0 Å². The van der Waals surface area contributed by atoms with E-state index in [2.05, 4.69) is 10.0 Å². The fourth-order valence-electron chi connectivity index (χ4n) is 4.70. The highest BCUT2D eigenvalue weighted by atomic mass is 35.5. The molecule has 230 valence electrons. The van der Waals surface area contributed by atoms with Crippen molar-refractivity contribution < 1.29 is 31.1 Å². The van der Waals surface area contributed by atoms with E-state index in [9.17, 15) is 21.6 Å². The number of hydrogen-bond donors (Lipinski definition) is 2. The van der Waals surface area contributed by atoms with E-state index < -0.39 is 26.0 Å². The number of rotatable bonds is 11. The Balaban J connectivity index is 1.21. The van der Waals surface area contributed by atoms with E-state index in [0.717, 1.165) is 5.56 Å². The zero-order chi connectivity index (χ0) is 31.5. The molecule has 4 aromatic rings. The maximum Gasteiger partial charge on any atom is 0.264 e. The summed E-state index contributed by atoms with van der Waals surface area (Å²) in [6.45, 7) is 3.98. The van der Waals surface area contributed by atoms with Crippen LogP contribution in [0.2, 0.25) is 5.02 Å². The second-order valence-electron chi connectivity index (χ2n) is 9.95. The molecule has 0 atom stereocenters. The van der Waals surface area contributed by atoms with Crippen molar-refractivity contribution in [1.29, 1.82) is 0 Å². The Morgan fingerprint density at radius 2 is 1.55 bits per heavy atom. The number of nitrogens with one attached hydrogen (secondary N) is 2. The van der Waals surface area contributed by atoms with Crippen molar-refractivity contribution in [2.45, 2.75) is 30.1 Å². The van der Waals surface area contributed by atoms with Crippen molar-refractivity contribution in [2.24, 2.45) is 0 Å².